The largest absolute Gasteiger partial charge is 0.370 e. The number of carbonyl (C=O) groups excluding carboxylic acids is 2. The quantitative estimate of drug-likeness (QED) is 0.753. The molecule has 1 fully saturated rings. The van der Waals surface area contributed by atoms with E-state index in [1.165, 1.54) is 0 Å². The van der Waals surface area contributed by atoms with Crippen LogP contribution in [-0.4, -0.2) is 35.1 Å². The van der Waals surface area contributed by atoms with Crippen LogP contribution in [0.4, 0.5) is 0 Å². The molecular weight excluding hydrogens is 248 g/mol. The van der Waals surface area contributed by atoms with Crippen LogP contribution in [0.25, 0.3) is 0 Å². The van der Waals surface area contributed by atoms with Gasteiger partial charge in [-0.3, -0.25) is 9.59 Å². The third-order valence-corrected chi connectivity index (χ3v) is 3.05. The first-order valence-corrected chi connectivity index (χ1v) is 5.87. The molecule has 0 bridgehead atoms. The van der Waals surface area contributed by atoms with Crippen molar-refractivity contribution in [1.82, 2.24) is 4.90 Å². The maximum Gasteiger partial charge on any atom is 0.233 e. The molecule has 1 aliphatic heterocycles. The predicted molar refractivity (Wildman–Crippen MR) is 56.9 cm³/mol. The van der Waals surface area contributed by atoms with Crippen LogP contribution in [0.2, 0.25) is 0 Å². The highest BCUT2D eigenvalue weighted by Gasteiger charge is 2.22. The van der Waals surface area contributed by atoms with E-state index in [2.05, 4.69) is 15.9 Å². The van der Waals surface area contributed by atoms with Gasteiger partial charge in [0.05, 0.1) is 5.33 Å². The molecule has 0 aliphatic carbocycles. The number of halogens is 1. The minimum atomic E-state index is -0.240. The lowest BCUT2D eigenvalue weighted by Gasteiger charge is -2.31. The highest BCUT2D eigenvalue weighted by atomic mass is 79.9. The fourth-order valence-electron chi connectivity index (χ4n) is 1.76. The Labute approximate surface area is 91.9 Å². The molecular formula is C9H15BrN2O2. The smallest absolute Gasteiger partial charge is 0.233 e. The van der Waals surface area contributed by atoms with Crippen LogP contribution >= 0.6 is 15.9 Å². The molecule has 2 amide bonds. The number of nitrogens with two attached hydrogens (primary N) is 1. The van der Waals surface area contributed by atoms with Gasteiger partial charge in [0.1, 0.15) is 0 Å². The fraction of sp³-hybridized carbons (Fsp3) is 0.778. The Bertz CT molecular complexity index is 225. The van der Waals surface area contributed by atoms with Crippen molar-refractivity contribution < 1.29 is 9.59 Å². The number of likely N-dealkylation sites (tertiary alicyclic amines) is 1. The van der Waals surface area contributed by atoms with Gasteiger partial charge in [0.2, 0.25) is 11.8 Å². The molecule has 1 rings (SSSR count). The van der Waals surface area contributed by atoms with E-state index in [-0.39, 0.29) is 11.8 Å². The van der Waals surface area contributed by atoms with Gasteiger partial charge in [-0.25, -0.2) is 0 Å². The second kappa shape index (κ2) is 5.34. The molecule has 0 aromatic carbocycles. The zero-order valence-corrected chi connectivity index (χ0v) is 9.63. The van der Waals surface area contributed by atoms with Gasteiger partial charge < -0.3 is 10.6 Å². The lowest BCUT2D eigenvalue weighted by molar-refractivity contribution is -0.129. The van der Waals surface area contributed by atoms with E-state index in [1.54, 1.807) is 0 Å². The van der Waals surface area contributed by atoms with E-state index in [1.807, 2.05) is 4.90 Å². The van der Waals surface area contributed by atoms with Crippen molar-refractivity contribution in [3.63, 3.8) is 0 Å². The van der Waals surface area contributed by atoms with Crippen LogP contribution in [0.1, 0.15) is 19.3 Å². The van der Waals surface area contributed by atoms with Gasteiger partial charge in [-0.1, -0.05) is 15.9 Å². The Hall–Kier alpha value is -0.580. The summed E-state index contributed by atoms with van der Waals surface area (Å²) in [7, 11) is 0. The maximum atomic E-state index is 11.3. The van der Waals surface area contributed by atoms with Gasteiger partial charge >= 0.3 is 0 Å². The monoisotopic (exact) mass is 262 g/mol. The molecule has 0 spiro atoms. The van der Waals surface area contributed by atoms with Gasteiger partial charge in [0.25, 0.3) is 0 Å². The van der Waals surface area contributed by atoms with Gasteiger partial charge in [-0.15, -0.1) is 0 Å². The van der Waals surface area contributed by atoms with Crippen molar-refractivity contribution in [2.24, 2.45) is 11.7 Å². The molecule has 14 heavy (non-hydrogen) atoms. The maximum absolute atomic E-state index is 11.3. The Morgan fingerprint density at radius 1 is 1.36 bits per heavy atom. The molecule has 0 atom stereocenters. The number of primary amides is 1. The number of nitrogens with zero attached hydrogens (tertiary/aromatic N) is 1. The lowest BCUT2D eigenvalue weighted by Crippen LogP contribution is -2.39. The predicted octanol–water partition coefficient (Wildman–Crippen LogP) is 0.495. The Kier molecular flexibility index (Phi) is 4.38. The van der Waals surface area contributed by atoms with E-state index in [0.717, 1.165) is 25.9 Å². The summed E-state index contributed by atoms with van der Waals surface area (Å²) >= 11 is 3.14. The van der Waals surface area contributed by atoms with Crippen molar-refractivity contribution in [2.45, 2.75) is 19.3 Å². The first kappa shape index (κ1) is 11.5. The van der Waals surface area contributed by atoms with Gasteiger partial charge in [-0.05, 0) is 18.8 Å². The van der Waals surface area contributed by atoms with Crippen LogP contribution in [0, 0.1) is 5.92 Å². The summed E-state index contributed by atoms with van der Waals surface area (Å²) in [5.74, 6) is 0.254. The lowest BCUT2D eigenvalue weighted by atomic mass is 9.93. The number of hydrogen-bond acceptors (Lipinski definition) is 2. The zero-order valence-electron chi connectivity index (χ0n) is 8.04. The molecule has 1 aliphatic rings. The van der Waals surface area contributed by atoms with Crippen molar-refractivity contribution in [1.29, 1.82) is 0 Å². The van der Waals surface area contributed by atoms with E-state index in [4.69, 9.17) is 5.73 Å². The first-order valence-electron chi connectivity index (χ1n) is 4.75. The second-order valence-electron chi connectivity index (χ2n) is 3.63. The number of carbonyl (C=O) groups is 2. The summed E-state index contributed by atoms with van der Waals surface area (Å²) in [6, 6.07) is 0. The first-order chi connectivity index (χ1) is 6.63. The van der Waals surface area contributed by atoms with Crippen molar-refractivity contribution in [3.05, 3.63) is 0 Å². The van der Waals surface area contributed by atoms with E-state index < -0.39 is 0 Å². The van der Waals surface area contributed by atoms with E-state index in [0.29, 0.717) is 17.7 Å². The van der Waals surface area contributed by atoms with Crippen LogP contribution in [0.5, 0.6) is 0 Å². The summed E-state index contributed by atoms with van der Waals surface area (Å²) in [6.07, 6.45) is 2.24. The van der Waals surface area contributed by atoms with Gasteiger partial charge in [0, 0.05) is 19.5 Å². The average Bonchev–Trinajstić information content (AvgIpc) is 2.17. The Balaban J connectivity index is 2.31. The number of rotatable bonds is 3. The number of alkyl halides is 1. The molecule has 80 valence electrons. The topological polar surface area (TPSA) is 63.4 Å². The molecule has 0 radical (unpaired) electrons. The number of amides is 2. The normalized spacial score (nSPS) is 18.2. The number of piperidine rings is 1. The molecule has 0 aromatic heterocycles. The standard InChI is InChI=1S/C9H15BrN2O2/c10-6-9(14)12-3-1-7(2-4-12)5-8(11)13/h7H,1-6H2,(H2,11,13). The van der Waals surface area contributed by atoms with Gasteiger partial charge in [0.15, 0.2) is 0 Å². The van der Waals surface area contributed by atoms with E-state index in [9.17, 15) is 9.59 Å². The van der Waals surface area contributed by atoms with Crippen LogP contribution in [-0.2, 0) is 9.59 Å². The molecule has 4 nitrogen and oxygen atoms in total. The van der Waals surface area contributed by atoms with Crippen molar-refractivity contribution >= 4 is 27.7 Å². The summed E-state index contributed by atoms with van der Waals surface area (Å²) in [5.41, 5.74) is 5.12. The zero-order chi connectivity index (χ0) is 10.6. The third-order valence-electron chi connectivity index (χ3n) is 2.57. The minimum Gasteiger partial charge on any atom is -0.370 e. The third kappa shape index (κ3) is 3.29. The molecule has 5 heteroatoms. The Morgan fingerprint density at radius 2 is 1.93 bits per heavy atom. The van der Waals surface area contributed by atoms with Crippen LogP contribution < -0.4 is 5.73 Å². The molecule has 0 aromatic rings. The van der Waals surface area contributed by atoms with E-state index >= 15 is 0 Å². The van der Waals surface area contributed by atoms with Crippen molar-refractivity contribution in [2.75, 3.05) is 18.4 Å². The van der Waals surface area contributed by atoms with Crippen LogP contribution in [0.15, 0.2) is 0 Å². The summed E-state index contributed by atoms with van der Waals surface area (Å²) < 4.78 is 0. The minimum absolute atomic E-state index is 0.127. The second-order valence-corrected chi connectivity index (χ2v) is 4.19. The highest BCUT2D eigenvalue weighted by Crippen LogP contribution is 2.20. The molecule has 0 saturated carbocycles. The summed E-state index contributed by atoms with van der Waals surface area (Å²) in [6.45, 7) is 1.50. The average molecular weight is 263 g/mol. The Morgan fingerprint density at radius 3 is 2.36 bits per heavy atom. The molecule has 2 N–H and O–H groups in total. The molecule has 1 saturated heterocycles. The van der Waals surface area contributed by atoms with Crippen molar-refractivity contribution in [3.8, 4) is 0 Å². The molecule has 0 unspecified atom stereocenters. The SMILES string of the molecule is NC(=O)CC1CCN(C(=O)CBr)CC1. The molecule has 1 heterocycles. The summed E-state index contributed by atoms with van der Waals surface area (Å²) in [4.78, 5) is 23.8. The fourth-order valence-corrected chi connectivity index (χ4v) is 2.11. The van der Waals surface area contributed by atoms with Gasteiger partial charge in [-0.2, -0.15) is 0 Å². The van der Waals surface area contributed by atoms with Crippen LogP contribution in [0.3, 0.4) is 0 Å². The highest BCUT2D eigenvalue weighted by molar-refractivity contribution is 9.09. The number of hydrogen-bond donors (Lipinski definition) is 1. The summed E-state index contributed by atoms with van der Waals surface area (Å²) in [5, 5.41) is 0.382.